The van der Waals surface area contributed by atoms with Crippen LogP contribution in [0.3, 0.4) is 0 Å². The molecule has 15 heavy (non-hydrogen) atoms. The molecule has 1 aromatic heterocycles. The summed E-state index contributed by atoms with van der Waals surface area (Å²) < 4.78 is 0. The summed E-state index contributed by atoms with van der Waals surface area (Å²) in [6, 6.07) is 0.433. The molecule has 3 nitrogen and oxygen atoms in total. The molecule has 1 fully saturated rings. The highest BCUT2D eigenvalue weighted by atomic mass is 35.5. The molecule has 1 unspecified atom stereocenters. The molecule has 0 saturated carbocycles. The largest absolute Gasteiger partial charge is 0.351 e. The van der Waals surface area contributed by atoms with Gasteiger partial charge in [0.05, 0.1) is 17.6 Å². The van der Waals surface area contributed by atoms with Gasteiger partial charge in [-0.05, 0) is 26.7 Å². The normalized spacial score (nSPS) is 21.0. The molecule has 1 aromatic rings. The SMILES string of the molecule is Cc1ncc(N2CCCC2CCl)nc1C. The lowest BCUT2D eigenvalue weighted by Gasteiger charge is -2.24. The highest BCUT2D eigenvalue weighted by molar-refractivity contribution is 6.18. The van der Waals surface area contributed by atoms with E-state index in [2.05, 4.69) is 14.9 Å². The van der Waals surface area contributed by atoms with Gasteiger partial charge in [0.25, 0.3) is 0 Å². The highest BCUT2D eigenvalue weighted by Crippen LogP contribution is 2.24. The first kappa shape index (κ1) is 10.7. The number of aromatic nitrogens is 2. The summed E-state index contributed by atoms with van der Waals surface area (Å²) in [5.74, 6) is 1.65. The van der Waals surface area contributed by atoms with Crippen LogP contribution >= 0.6 is 11.6 Å². The van der Waals surface area contributed by atoms with Gasteiger partial charge in [0.15, 0.2) is 0 Å². The first-order valence-electron chi connectivity index (χ1n) is 5.35. The van der Waals surface area contributed by atoms with Crippen molar-refractivity contribution in [3.8, 4) is 0 Å². The summed E-state index contributed by atoms with van der Waals surface area (Å²) in [5, 5.41) is 0. The van der Waals surface area contributed by atoms with Crippen LogP contribution < -0.4 is 4.90 Å². The number of anilines is 1. The van der Waals surface area contributed by atoms with Crippen molar-refractivity contribution in [3.63, 3.8) is 0 Å². The van der Waals surface area contributed by atoms with E-state index in [0.29, 0.717) is 11.9 Å². The molecule has 4 heteroatoms. The number of halogens is 1. The third-order valence-corrected chi connectivity index (χ3v) is 3.39. The van der Waals surface area contributed by atoms with Crippen LogP contribution in [0.5, 0.6) is 0 Å². The maximum absolute atomic E-state index is 5.93. The van der Waals surface area contributed by atoms with Gasteiger partial charge in [-0.3, -0.25) is 4.98 Å². The number of hydrogen-bond acceptors (Lipinski definition) is 3. The second kappa shape index (κ2) is 4.35. The summed E-state index contributed by atoms with van der Waals surface area (Å²) in [6.07, 6.45) is 4.22. The average Bonchev–Trinajstić information content (AvgIpc) is 2.70. The number of hydrogen-bond donors (Lipinski definition) is 0. The van der Waals surface area contributed by atoms with Crippen LogP contribution in [0.4, 0.5) is 5.82 Å². The molecule has 1 aliphatic rings. The Kier molecular flexibility index (Phi) is 3.10. The molecule has 1 aliphatic heterocycles. The molecule has 0 spiro atoms. The fourth-order valence-electron chi connectivity index (χ4n) is 1.97. The summed E-state index contributed by atoms with van der Waals surface area (Å²) in [6.45, 7) is 5.03. The van der Waals surface area contributed by atoms with E-state index in [-0.39, 0.29) is 0 Å². The van der Waals surface area contributed by atoms with Crippen LogP contribution in [0.15, 0.2) is 6.20 Å². The van der Waals surface area contributed by atoms with Crippen molar-refractivity contribution >= 4 is 17.4 Å². The Morgan fingerprint density at radius 2 is 2.27 bits per heavy atom. The summed E-state index contributed by atoms with van der Waals surface area (Å²) in [5.41, 5.74) is 2.01. The van der Waals surface area contributed by atoms with E-state index >= 15 is 0 Å². The van der Waals surface area contributed by atoms with Gasteiger partial charge in [-0.15, -0.1) is 11.6 Å². The minimum absolute atomic E-state index is 0.433. The third-order valence-electron chi connectivity index (χ3n) is 3.03. The van der Waals surface area contributed by atoms with Gasteiger partial charge in [0, 0.05) is 18.5 Å². The Morgan fingerprint density at radius 1 is 1.47 bits per heavy atom. The lowest BCUT2D eigenvalue weighted by Crippen LogP contribution is -2.31. The minimum atomic E-state index is 0.433. The Hall–Kier alpha value is -0.830. The standard InChI is InChI=1S/C11H16ClN3/c1-8-9(2)14-11(7-13-8)15-5-3-4-10(15)6-12/h7,10H,3-6H2,1-2H3. The number of alkyl halides is 1. The topological polar surface area (TPSA) is 29.0 Å². The van der Waals surface area contributed by atoms with E-state index < -0.39 is 0 Å². The van der Waals surface area contributed by atoms with Crippen LogP contribution in [0.2, 0.25) is 0 Å². The Bertz CT molecular complexity index is 354. The molecular weight excluding hydrogens is 210 g/mol. The van der Waals surface area contributed by atoms with Crippen LogP contribution in [-0.4, -0.2) is 28.4 Å². The van der Waals surface area contributed by atoms with E-state index in [1.807, 2.05) is 20.0 Å². The van der Waals surface area contributed by atoms with E-state index in [1.54, 1.807) is 0 Å². The van der Waals surface area contributed by atoms with Crippen molar-refractivity contribution < 1.29 is 0 Å². The van der Waals surface area contributed by atoms with Crippen molar-refractivity contribution in [1.29, 1.82) is 0 Å². The second-order valence-corrected chi connectivity index (χ2v) is 4.35. The zero-order valence-corrected chi connectivity index (χ0v) is 9.96. The fraction of sp³-hybridized carbons (Fsp3) is 0.636. The first-order chi connectivity index (χ1) is 7.22. The Labute approximate surface area is 95.5 Å². The number of aryl methyl sites for hydroxylation is 2. The average molecular weight is 226 g/mol. The molecule has 0 aromatic carbocycles. The molecule has 0 aliphatic carbocycles. The van der Waals surface area contributed by atoms with Crippen molar-refractivity contribution in [2.24, 2.45) is 0 Å². The first-order valence-corrected chi connectivity index (χ1v) is 5.88. The van der Waals surface area contributed by atoms with E-state index in [0.717, 1.165) is 30.2 Å². The quantitative estimate of drug-likeness (QED) is 0.724. The van der Waals surface area contributed by atoms with E-state index in [4.69, 9.17) is 11.6 Å². The Balaban J connectivity index is 2.25. The van der Waals surface area contributed by atoms with Gasteiger partial charge >= 0.3 is 0 Å². The van der Waals surface area contributed by atoms with Crippen molar-refractivity contribution in [2.45, 2.75) is 32.7 Å². The monoisotopic (exact) mass is 225 g/mol. The zero-order valence-electron chi connectivity index (χ0n) is 9.20. The van der Waals surface area contributed by atoms with Crippen molar-refractivity contribution in [2.75, 3.05) is 17.3 Å². The molecule has 1 atom stereocenters. The van der Waals surface area contributed by atoms with Crippen molar-refractivity contribution in [3.05, 3.63) is 17.6 Å². The van der Waals surface area contributed by atoms with E-state index in [9.17, 15) is 0 Å². The minimum Gasteiger partial charge on any atom is -0.351 e. The molecule has 0 N–H and O–H groups in total. The van der Waals surface area contributed by atoms with Gasteiger partial charge in [-0.2, -0.15) is 0 Å². The predicted octanol–water partition coefficient (Wildman–Crippen LogP) is 2.30. The van der Waals surface area contributed by atoms with Gasteiger partial charge in [-0.1, -0.05) is 0 Å². The van der Waals surface area contributed by atoms with E-state index in [1.165, 1.54) is 6.42 Å². The number of rotatable bonds is 2. The van der Waals surface area contributed by atoms with Gasteiger partial charge in [0.1, 0.15) is 5.82 Å². The summed E-state index contributed by atoms with van der Waals surface area (Å²) in [4.78, 5) is 11.2. The fourth-order valence-corrected chi connectivity index (χ4v) is 2.29. The summed E-state index contributed by atoms with van der Waals surface area (Å²) in [7, 11) is 0. The lowest BCUT2D eigenvalue weighted by molar-refractivity contribution is 0.729. The van der Waals surface area contributed by atoms with Gasteiger partial charge in [0.2, 0.25) is 0 Å². The molecule has 0 amide bonds. The molecule has 0 bridgehead atoms. The van der Waals surface area contributed by atoms with Crippen LogP contribution in [0.1, 0.15) is 24.2 Å². The van der Waals surface area contributed by atoms with Crippen LogP contribution in [0.25, 0.3) is 0 Å². The van der Waals surface area contributed by atoms with Crippen LogP contribution in [-0.2, 0) is 0 Å². The van der Waals surface area contributed by atoms with Gasteiger partial charge < -0.3 is 4.90 Å². The Morgan fingerprint density at radius 3 is 2.93 bits per heavy atom. The predicted molar refractivity (Wildman–Crippen MR) is 62.6 cm³/mol. The zero-order chi connectivity index (χ0) is 10.8. The molecular formula is C11H16ClN3. The van der Waals surface area contributed by atoms with Crippen molar-refractivity contribution in [1.82, 2.24) is 9.97 Å². The number of nitrogens with zero attached hydrogens (tertiary/aromatic N) is 3. The maximum atomic E-state index is 5.93. The molecule has 1 saturated heterocycles. The molecule has 2 rings (SSSR count). The summed E-state index contributed by atoms with van der Waals surface area (Å²) >= 11 is 5.93. The molecule has 82 valence electrons. The highest BCUT2D eigenvalue weighted by Gasteiger charge is 2.25. The van der Waals surface area contributed by atoms with Crippen LogP contribution in [0, 0.1) is 13.8 Å². The molecule has 0 radical (unpaired) electrons. The smallest absolute Gasteiger partial charge is 0.147 e. The maximum Gasteiger partial charge on any atom is 0.147 e. The second-order valence-electron chi connectivity index (χ2n) is 4.04. The lowest BCUT2D eigenvalue weighted by atomic mass is 10.2. The van der Waals surface area contributed by atoms with Gasteiger partial charge in [-0.25, -0.2) is 4.98 Å². The molecule has 2 heterocycles. The third kappa shape index (κ3) is 2.07.